The summed E-state index contributed by atoms with van der Waals surface area (Å²) in [6.45, 7) is 0.631. The van der Waals surface area contributed by atoms with Gasteiger partial charge in [-0.25, -0.2) is 13.4 Å². The molecule has 0 saturated carbocycles. The van der Waals surface area contributed by atoms with Crippen molar-refractivity contribution in [3.63, 3.8) is 0 Å². The van der Waals surface area contributed by atoms with Crippen molar-refractivity contribution >= 4 is 10.0 Å². The Morgan fingerprint density at radius 2 is 1.86 bits per heavy atom. The Balaban J connectivity index is 2.66. The number of hydrogen-bond donors (Lipinski definition) is 0. The Labute approximate surface area is 83.8 Å². The molecule has 0 spiro atoms. The highest BCUT2D eigenvalue weighted by atomic mass is 32.2. The van der Waals surface area contributed by atoms with Gasteiger partial charge in [0.25, 0.3) is 10.0 Å². The minimum atomic E-state index is -3.31. The third-order valence-corrected chi connectivity index (χ3v) is 4.41. The molecule has 0 unspecified atom stereocenters. The fourth-order valence-electron chi connectivity index (χ4n) is 1.56. The van der Waals surface area contributed by atoms with Crippen molar-refractivity contribution in [3.05, 3.63) is 29.8 Å². The lowest BCUT2D eigenvalue weighted by Crippen LogP contribution is -2.44. The number of rotatable bonds is 0. The summed E-state index contributed by atoms with van der Waals surface area (Å²) in [6.07, 6.45) is 0. The van der Waals surface area contributed by atoms with E-state index in [1.54, 1.807) is 31.2 Å². The molecule has 14 heavy (non-hydrogen) atoms. The molecule has 76 valence electrons. The van der Waals surface area contributed by atoms with Crippen molar-refractivity contribution in [2.75, 3.05) is 14.1 Å². The first kappa shape index (κ1) is 9.64. The minimum absolute atomic E-state index is 0.417. The summed E-state index contributed by atoms with van der Waals surface area (Å²) >= 11 is 0. The van der Waals surface area contributed by atoms with Crippen LogP contribution in [0.25, 0.3) is 0 Å². The highest BCUT2D eigenvalue weighted by Crippen LogP contribution is 2.26. The molecule has 0 saturated heterocycles. The fourth-order valence-corrected chi connectivity index (χ4v) is 2.98. The number of benzene rings is 1. The lowest BCUT2D eigenvalue weighted by atomic mass is 10.2. The van der Waals surface area contributed by atoms with Gasteiger partial charge in [0.15, 0.2) is 0 Å². The van der Waals surface area contributed by atoms with Crippen LogP contribution in [0.5, 0.6) is 0 Å². The lowest BCUT2D eigenvalue weighted by Gasteiger charge is -2.33. The third kappa shape index (κ3) is 1.25. The molecule has 1 heterocycles. The van der Waals surface area contributed by atoms with Crippen LogP contribution in [0.2, 0.25) is 0 Å². The summed E-state index contributed by atoms with van der Waals surface area (Å²) in [7, 11) is 0.00752. The summed E-state index contributed by atoms with van der Waals surface area (Å²) in [5, 5.41) is 1.68. The minimum Gasteiger partial charge on any atom is -0.227 e. The second kappa shape index (κ2) is 3.05. The topological polar surface area (TPSA) is 40.6 Å². The molecule has 0 N–H and O–H groups in total. The van der Waals surface area contributed by atoms with Crippen LogP contribution in [-0.4, -0.2) is 31.9 Å². The van der Waals surface area contributed by atoms with Crippen molar-refractivity contribution in [2.24, 2.45) is 0 Å². The molecule has 4 nitrogen and oxygen atoms in total. The van der Waals surface area contributed by atoms with E-state index in [9.17, 15) is 8.42 Å². The second-order valence-corrected chi connectivity index (χ2v) is 5.28. The summed E-state index contributed by atoms with van der Waals surface area (Å²) in [6, 6.07) is 7.09. The van der Waals surface area contributed by atoms with Crippen LogP contribution < -0.4 is 0 Å². The van der Waals surface area contributed by atoms with Crippen molar-refractivity contribution in [1.82, 2.24) is 9.42 Å². The monoisotopic (exact) mass is 212 g/mol. The predicted molar refractivity (Wildman–Crippen MR) is 52.9 cm³/mol. The SMILES string of the molecule is CN1Cc2ccccc2S(=O)(=O)N1C. The van der Waals surface area contributed by atoms with Crippen molar-refractivity contribution in [2.45, 2.75) is 11.4 Å². The molecule has 0 radical (unpaired) electrons. The molecule has 1 aromatic carbocycles. The van der Waals surface area contributed by atoms with E-state index in [-0.39, 0.29) is 0 Å². The first-order chi connectivity index (χ1) is 6.53. The van der Waals surface area contributed by atoms with Gasteiger partial charge in [0.1, 0.15) is 0 Å². The molecule has 1 aromatic rings. The Morgan fingerprint density at radius 3 is 2.57 bits per heavy atom. The fraction of sp³-hybridized carbons (Fsp3) is 0.333. The molecule has 0 aromatic heterocycles. The second-order valence-electron chi connectivity index (χ2n) is 3.36. The number of sulfonamides is 1. The van der Waals surface area contributed by atoms with Crippen LogP contribution >= 0.6 is 0 Å². The Kier molecular flexibility index (Phi) is 2.10. The highest BCUT2D eigenvalue weighted by Gasteiger charge is 2.31. The third-order valence-electron chi connectivity index (χ3n) is 2.48. The zero-order valence-corrected chi connectivity index (χ0v) is 8.95. The van der Waals surface area contributed by atoms with E-state index < -0.39 is 10.0 Å². The molecular weight excluding hydrogens is 200 g/mol. The zero-order valence-electron chi connectivity index (χ0n) is 8.14. The summed E-state index contributed by atoms with van der Waals surface area (Å²) in [5.74, 6) is 0. The van der Waals surface area contributed by atoms with Gasteiger partial charge in [0.2, 0.25) is 0 Å². The van der Waals surface area contributed by atoms with Crippen LogP contribution in [0.4, 0.5) is 0 Å². The summed E-state index contributed by atoms with van der Waals surface area (Å²) < 4.78 is 25.1. The average Bonchev–Trinajstić information content (AvgIpc) is 2.15. The molecule has 0 bridgehead atoms. The molecule has 5 heteroatoms. The number of nitrogens with zero attached hydrogens (tertiary/aromatic N) is 2. The van der Waals surface area contributed by atoms with Gasteiger partial charge < -0.3 is 0 Å². The summed E-state index contributed by atoms with van der Waals surface area (Å²) in [5.41, 5.74) is 0.855. The number of hydrazine groups is 1. The van der Waals surface area contributed by atoms with E-state index in [1.165, 1.54) is 4.41 Å². The van der Waals surface area contributed by atoms with Gasteiger partial charge in [-0.05, 0) is 11.6 Å². The average molecular weight is 212 g/mol. The predicted octanol–water partition coefficient (Wildman–Crippen LogP) is 0.667. The van der Waals surface area contributed by atoms with Crippen molar-refractivity contribution < 1.29 is 8.42 Å². The smallest absolute Gasteiger partial charge is 0.227 e. The van der Waals surface area contributed by atoms with E-state index in [1.807, 2.05) is 12.1 Å². The van der Waals surface area contributed by atoms with Crippen LogP contribution in [0.1, 0.15) is 5.56 Å². The highest BCUT2D eigenvalue weighted by molar-refractivity contribution is 7.89. The zero-order chi connectivity index (χ0) is 10.3. The van der Waals surface area contributed by atoms with Crippen LogP contribution in [0.3, 0.4) is 0 Å². The normalized spacial score (nSPS) is 21.9. The lowest BCUT2D eigenvalue weighted by molar-refractivity contribution is 0.102. The molecule has 0 fully saturated rings. The summed E-state index contributed by atoms with van der Waals surface area (Å²) in [4.78, 5) is 0.417. The van der Waals surface area contributed by atoms with Gasteiger partial charge in [-0.1, -0.05) is 18.2 Å². The van der Waals surface area contributed by atoms with E-state index in [0.717, 1.165) is 5.56 Å². The maximum Gasteiger partial charge on any atom is 0.256 e. The van der Waals surface area contributed by atoms with Gasteiger partial charge in [-0.2, -0.15) is 0 Å². The standard InChI is InChI=1S/C9H12N2O2S/c1-10-7-8-5-3-4-6-9(8)14(12,13)11(10)2/h3-6H,7H2,1-2H3. The largest absolute Gasteiger partial charge is 0.256 e. The first-order valence-corrected chi connectivity index (χ1v) is 5.75. The van der Waals surface area contributed by atoms with E-state index in [2.05, 4.69) is 0 Å². The molecule has 1 aliphatic rings. The molecule has 1 aliphatic heterocycles. The first-order valence-electron chi connectivity index (χ1n) is 4.31. The van der Waals surface area contributed by atoms with Crippen LogP contribution in [-0.2, 0) is 16.6 Å². The quantitative estimate of drug-likeness (QED) is 0.634. The van der Waals surface area contributed by atoms with Crippen LogP contribution in [0.15, 0.2) is 29.2 Å². The van der Waals surface area contributed by atoms with Gasteiger partial charge in [-0.15, -0.1) is 4.41 Å². The van der Waals surface area contributed by atoms with E-state index >= 15 is 0 Å². The van der Waals surface area contributed by atoms with Crippen molar-refractivity contribution in [3.8, 4) is 0 Å². The molecular formula is C9H12N2O2S. The van der Waals surface area contributed by atoms with Crippen molar-refractivity contribution in [1.29, 1.82) is 0 Å². The molecule has 0 atom stereocenters. The maximum atomic E-state index is 11.9. The van der Waals surface area contributed by atoms with Crippen LogP contribution in [0, 0.1) is 0 Å². The van der Waals surface area contributed by atoms with E-state index in [4.69, 9.17) is 0 Å². The van der Waals surface area contributed by atoms with Gasteiger partial charge >= 0.3 is 0 Å². The Bertz CT molecular complexity index is 456. The Hall–Kier alpha value is -0.910. The van der Waals surface area contributed by atoms with Gasteiger partial charge in [0, 0.05) is 20.6 Å². The number of hydrogen-bond acceptors (Lipinski definition) is 3. The maximum absolute atomic E-state index is 11.9. The van der Waals surface area contributed by atoms with Gasteiger partial charge in [-0.3, -0.25) is 0 Å². The molecule has 0 aliphatic carbocycles. The molecule has 0 amide bonds. The molecule has 2 rings (SSSR count). The number of fused-ring (bicyclic) bond motifs is 1. The van der Waals surface area contributed by atoms with E-state index in [0.29, 0.717) is 11.4 Å². The van der Waals surface area contributed by atoms with Gasteiger partial charge in [0.05, 0.1) is 4.90 Å². The Morgan fingerprint density at radius 1 is 1.21 bits per heavy atom.